The van der Waals surface area contributed by atoms with Crippen molar-refractivity contribution in [2.75, 3.05) is 6.54 Å². The lowest BCUT2D eigenvalue weighted by Gasteiger charge is -2.30. The van der Waals surface area contributed by atoms with Crippen LogP contribution in [0.5, 0.6) is 0 Å². The predicted octanol–water partition coefficient (Wildman–Crippen LogP) is 0.514. The van der Waals surface area contributed by atoms with Crippen LogP contribution in [0.25, 0.3) is 0 Å². The lowest BCUT2D eigenvalue weighted by molar-refractivity contribution is 0.363. The Kier molecular flexibility index (Phi) is 4.29. The minimum absolute atomic E-state index is 0.178. The highest BCUT2D eigenvalue weighted by Crippen LogP contribution is 2.19. The molecule has 0 bridgehead atoms. The van der Waals surface area contributed by atoms with Crippen LogP contribution in [0.15, 0.2) is 11.1 Å². The molecule has 0 atom stereocenters. The summed E-state index contributed by atoms with van der Waals surface area (Å²) in [5.74, 6) is 0. The highest BCUT2D eigenvalue weighted by molar-refractivity contribution is 7.89. The summed E-state index contributed by atoms with van der Waals surface area (Å²) in [4.78, 5) is 0.178. The second-order valence-electron chi connectivity index (χ2n) is 4.16. The van der Waals surface area contributed by atoms with E-state index in [-0.39, 0.29) is 11.4 Å². The first-order chi connectivity index (χ1) is 7.90. The van der Waals surface area contributed by atoms with E-state index in [9.17, 15) is 8.42 Å². The molecule has 7 heteroatoms. The number of nitrogens with two attached hydrogens (primary N) is 1. The van der Waals surface area contributed by atoms with E-state index >= 15 is 0 Å². The van der Waals surface area contributed by atoms with Gasteiger partial charge in [0.05, 0.1) is 11.9 Å². The topological polar surface area (TPSA) is 101 Å². The molecule has 4 N–H and O–H groups in total. The van der Waals surface area contributed by atoms with E-state index in [2.05, 4.69) is 14.9 Å². The quantitative estimate of drug-likeness (QED) is 0.693. The smallest absolute Gasteiger partial charge is 0.244 e. The molecule has 0 radical (unpaired) electrons. The van der Waals surface area contributed by atoms with Crippen LogP contribution in [0, 0.1) is 6.92 Å². The molecule has 0 aliphatic rings. The zero-order valence-electron chi connectivity index (χ0n) is 10.4. The maximum Gasteiger partial charge on any atom is 0.244 e. The van der Waals surface area contributed by atoms with Crippen LogP contribution < -0.4 is 10.5 Å². The van der Waals surface area contributed by atoms with Crippen molar-refractivity contribution in [2.45, 2.75) is 44.0 Å². The molecule has 0 spiro atoms. The Balaban J connectivity index is 3.05. The standard InChI is InChI=1S/C10H20N4O2S/c1-4-10(5-2,7-11)14-17(15,16)9-6-12-13-8(9)3/h6,14H,4-5,7,11H2,1-3H3,(H,12,13). The number of nitrogens with zero attached hydrogens (tertiary/aromatic N) is 1. The number of aromatic nitrogens is 2. The highest BCUT2D eigenvalue weighted by atomic mass is 32.2. The summed E-state index contributed by atoms with van der Waals surface area (Å²) in [6, 6.07) is 0. The van der Waals surface area contributed by atoms with Crippen LogP contribution in [0.4, 0.5) is 0 Å². The second-order valence-corrected chi connectivity index (χ2v) is 5.81. The third-order valence-electron chi connectivity index (χ3n) is 3.17. The normalized spacial score (nSPS) is 12.9. The average Bonchev–Trinajstić information content (AvgIpc) is 2.73. The van der Waals surface area contributed by atoms with Crippen molar-refractivity contribution in [2.24, 2.45) is 5.73 Å². The van der Waals surface area contributed by atoms with E-state index in [4.69, 9.17) is 5.73 Å². The largest absolute Gasteiger partial charge is 0.329 e. The molecule has 17 heavy (non-hydrogen) atoms. The average molecular weight is 260 g/mol. The first-order valence-electron chi connectivity index (χ1n) is 5.65. The SMILES string of the molecule is CCC(CC)(CN)NS(=O)(=O)c1cn[nH]c1C. The van der Waals surface area contributed by atoms with Gasteiger partial charge in [-0.1, -0.05) is 13.8 Å². The van der Waals surface area contributed by atoms with Crippen LogP contribution in [0.2, 0.25) is 0 Å². The van der Waals surface area contributed by atoms with Crippen molar-refractivity contribution < 1.29 is 8.42 Å². The molecule has 0 saturated carbocycles. The minimum Gasteiger partial charge on any atom is -0.329 e. The van der Waals surface area contributed by atoms with Gasteiger partial charge in [0.1, 0.15) is 4.90 Å². The van der Waals surface area contributed by atoms with Gasteiger partial charge in [-0.2, -0.15) is 5.10 Å². The molecule has 1 heterocycles. The number of rotatable bonds is 6. The molecule has 1 aromatic heterocycles. The maximum absolute atomic E-state index is 12.2. The fourth-order valence-electron chi connectivity index (χ4n) is 1.68. The van der Waals surface area contributed by atoms with Crippen molar-refractivity contribution in [1.82, 2.24) is 14.9 Å². The zero-order valence-corrected chi connectivity index (χ0v) is 11.3. The van der Waals surface area contributed by atoms with Crippen LogP contribution in [-0.4, -0.2) is 30.7 Å². The summed E-state index contributed by atoms with van der Waals surface area (Å²) in [6.07, 6.45) is 2.61. The molecular weight excluding hydrogens is 240 g/mol. The molecule has 1 rings (SSSR count). The molecule has 0 aromatic carbocycles. The molecular formula is C10H20N4O2S. The predicted molar refractivity (Wildman–Crippen MR) is 66.0 cm³/mol. The number of sulfonamides is 1. The lowest BCUT2D eigenvalue weighted by atomic mass is 9.95. The molecule has 0 aliphatic heterocycles. The number of hydrogen-bond acceptors (Lipinski definition) is 4. The maximum atomic E-state index is 12.2. The van der Waals surface area contributed by atoms with Crippen LogP contribution in [0.3, 0.4) is 0 Å². The van der Waals surface area contributed by atoms with E-state index in [1.807, 2.05) is 13.8 Å². The van der Waals surface area contributed by atoms with Gasteiger partial charge in [0.2, 0.25) is 10.0 Å². The van der Waals surface area contributed by atoms with Gasteiger partial charge in [-0.05, 0) is 19.8 Å². The van der Waals surface area contributed by atoms with E-state index in [0.717, 1.165) is 0 Å². The van der Waals surface area contributed by atoms with Gasteiger partial charge in [0.15, 0.2) is 0 Å². The molecule has 0 saturated heterocycles. The summed E-state index contributed by atoms with van der Waals surface area (Å²) in [5.41, 5.74) is 5.62. The Hall–Kier alpha value is -0.920. The minimum atomic E-state index is -3.57. The number of aryl methyl sites for hydroxylation is 1. The van der Waals surface area contributed by atoms with E-state index < -0.39 is 15.6 Å². The Labute approximate surface area is 102 Å². The molecule has 0 aliphatic carbocycles. The van der Waals surface area contributed by atoms with Gasteiger partial charge >= 0.3 is 0 Å². The summed E-state index contributed by atoms with van der Waals surface area (Å²) in [7, 11) is -3.57. The van der Waals surface area contributed by atoms with Crippen LogP contribution in [-0.2, 0) is 10.0 Å². The highest BCUT2D eigenvalue weighted by Gasteiger charge is 2.31. The lowest BCUT2D eigenvalue weighted by Crippen LogP contribution is -2.52. The zero-order chi connectivity index (χ0) is 13.1. The van der Waals surface area contributed by atoms with Crippen molar-refractivity contribution in [3.05, 3.63) is 11.9 Å². The molecule has 0 fully saturated rings. The Morgan fingerprint density at radius 3 is 2.41 bits per heavy atom. The summed E-state index contributed by atoms with van der Waals surface area (Å²) in [6.45, 7) is 5.78. The molecule has 6 nitrogen and oxygen atoms in total. The summed E-state index contributed by atoms with van der Waals surface area (Å²) < 4.78 is 27.0. The monoisotopic (exact) mass is 260 g/mol. The Morgan fingerprint density at radius 2 is 2.06 bits per heavy atom. The number of H-pyrrole nitrogens is 1. The van der Waals surface area contributed by atoms with E-state index in [1.54, 1.807) is 6.92 Å². The van der Waals surface area contributed by atoms with Crippen molar-refractivity contribution >= 4 is 10.0 Å². The first-order valence-corrected chi connectivity index (χ1v) is 7.13. The van der Waals surface area contributed by atoms with E-state index in [0.29, 0.717) is 18.5 Å². The van der Waals surface area contributed by atoms with Gasteiger partial charge < -0.3 is 5.73 Å². The molecule has 0 unspecified atom stereocenters. The van der Waals surface area contributed by atoms with Crippen molar-refractivity contribution in [3.63, 3.8) is 0 Å². The Morgan fingerprint density at radius 1 is 1.47 bits per heavy atom. The van der Waals surface area contributed by atoms with Crippen LogP contribution >= 0.6 is 0 Å². The summed E-state index contributed by atoms with van der Waals surface area (Å²) >= 11 is 0. The Bertz CT molecular complexity index is 454. The van der Waals surface area contributed by atoms with Crippen molar-refractivity contribution in [3.8, 4) is 0 Å². The van der Waals surface area contributed by atoms with Gasteiger partial charge in [-0.3, -0.25) is 5.10 Å². The van der Waals surface area contributed by atoms with Gasteiger partial charge in [-0.25, -0.2) is 13.1 Å². The fraction of sp³-hybridized carbons (Fsp3) is 0.700. The van der Waals surface area contributed by atoms with Gasteiger partial charge in [0, 0.05) is 12.1 Å². The second kappa shape index (κ2) is 5.16. The fourth-order valence-corrected chi connectivity index (χ4v) is 3.37. The molecule has 98 valence electrons. The van der Waals surface area contributed by atoms with E-state index in [1.165, 1.54) is 6.20 Å². The summed E-state index contributed by atoms with van der Waals surface area (Å²) in [5, 5.41) is 6.33. The van der Waals surface area contributed by atoms with Crippen molar-refractivity contribution in [1.29, 1.82) is 0 Å². The number of hydrogen-bond donors (Lipinski definition) is 3. The van der Waals surface area contributed by atoms with Crippen LogP contribution in [0.1, 0.15) is 32.4 Å². The third-order valence-corrected chi connectivity index (χ3v) is 4.86. The third kappa shape index (κ3) is 2.85. The van der Waals surface area contributed by atoms with Gasteiger partial charge in [-0.15, -0.1) is 0 Å². The number of nitrogens with one attached hydrogen (secondary N) is 2. The molecule has 0 amide bonds. The number of aromatic amines is 1. The van der Waals surface area contributed by atoms with Gasteiger partial charge in [0.25, 0.3) is 0 Å². The molecule has 1 aromatic rings. The first kappa shape index (κ1) is 14.1.